The van der Waals surface area contributed by atoms with Crippen LogP contribution in [0.5, 0.6) is 0 Å². The second kappa shape index (κ2) is 6.94. The molecule has 1 aromatic heterocycles. The van der Waals surface area contributed by atoms with Gasteiger partial charge in [0.25, 0.3) is 0 Å². The van der Waals surface area contributed by atoms with Crippen molar-refractivity contribution >= 4 is 10.0 Å². The van der Waals surface area contributed by atoms with Crippen molar-refractivity contribution in [2.45, 2.75) is 70.0 Å². The molecule has 1 aliphatic heterocycles. The molecule has 2 N–H and O–H groups in total. The molecule has 0 spiro atoms. The van der Waals surface area contributed by atoms with Gasteiger partial charge in [-0.05, 0) is 32.3 Å². The number of aromatic nitrogens is 1. The Bertz CT molecular complexity index is 544. The first-order valence-corrected chi connectivity index (χ1v) is 9.39. The van der Waals surface area contributed by atoms with Gasteiger partial charge in [-0.2, -0.15) is 4.31 Å². The molecule has 1 unspecified atom stereocenters. The Morgan fingerprint density at radius 3 is 2.62 bits per heavy atom. The summed E-state index contributed by atoms with van der Waals surface area (Å²) in [6, 6.07) is 1.86. The normalized spacial score (nSPS) is 21.4. The highest BCUT2D eigenvalue weighted by Gasteiger charge is 2.32. The molecule has 0 aromatic carbocycles. The van der Waals surface area contributed by atoms with Gasteiger partial charge in [0.15, 0.2) is 0 Å². The van der Waals surface area contributed by atoms with E-state index in [9.17, 15) is 8.42 Å². The van der Waals surface area contributed by atoms with Gasteiger partial charge < -0.3 is 10.3 Å². The molecule has 2 heterocycles. The molecule has 120 valence electrons. The summed E-state index contributed by atoms with van der Waals surface area (Å²) in [7, 11) is -3.41. The Morgan fingerprint density at radius 1 is 1.29 bits per heavy atom. The molecule has 1 fully saturated rings. The van der Waals surface area contributed by atoms with E-state index in [2.05, 4.69) is 6.92 Å². The van der Waals surface area contributed by atoms with Gasteiger partial charge in [-0.25, -0.2) is 8.42 Å². The molecule has 6 heteroatoms. The summed E-state index contributed by atoms with van der Waals surface area (Å²) >= 11 is 0. The fraction of sp³-hybridized carbons (Fsp3) is 0.733. The lowest BCUT2D eigenvalue weighted by Gasteiger charge is -2.27. The van der Waals surface area contributed by atoms with E-state index in [1.807, 2.05) is 11.5 Å². The van der Waals surface area contributed by atoms with Crippen LogP contribution in [0.3, 0.4) is 0 Å². The Hall–Kier alpha value is -0.850. The van der Waals surface area contributed by atoms with E-state index in [1.165, 1.54) is 0 Å². The van der Waals surface area contributed by atoms with E-state index in [-0.39, 0.29) is 6.04 Å². The molecule has 1 aromatic rings. The molecule has 1 saturated heterocycles. The SMILES string of the molecule is CCC1CCCCCN1S(=O)(=O)c1cc(CN)n(CC)c1. The lowest BCUT2D eigenvalue weighted by molar-refractivity contribution is 0.315. The summed E-state index contributed by atoms with van der Waals surface area (Å²) in [6.07, 6.45) is 6.76. The first-order chi connectivity index (χ1) is 10.0. The maximum atomic E-state index is 13.0. The molecule has 2 rings (SSSR count). The largest absolute Gasteiger partial charge is 0.349 e. The van der Waals surface area contributed by atoms with Crippen LogP contribution in [-0.4, -0.2) is 29.9 Å². The van der Waals surface area contributed by atoms with E-state index in [4.69, 9.17) is 5.73 Å². The topological polar surface area (TPSA) is 68.3 Å². The fourth-order valence-electron chi connectivity index (χ4n) is 3.14. The molecule has 0 radical (unpaired) electrons. The average Bonchev–Trinajstić information content (AvgIpc) is 2.76. The number of hydrogen-bond donors (Lipinski definition) is 1. The fourth-order valence-corrected chi connectivity index (χ4v) is 4.98. The molecular formula is C15H27N3O2S. The van der Waals surface area contributed by atoms with Crippen LogP contribution < -0.4 is 5.73 Å². The minimum atomic E-state index is -3.41. The van der Waals surface area contributed by atoms with E-state index in [0.717, 1.165) is 44.3 Å². The predicted molar refractivity (Wildman–Crippen MR) is 84.4 cm³/mol. The van der Waals surface area contributed by atoms with Gasteiger partial charge in [-0.15, -0.1) is 0 Å². The number of hydrogen-bond acceptors (Lipinski definition) is 3. The summed E-state index contributed by atoms with van der Waals surface area (Å²) in [5, 5.41) is 0. The summed E-state index contributed by atoms with van der Waals surface area (Å²) in [5.41, 5.74) is 6.58. The molecular weight excluding hydrogens is 286 g/mol. The third-order valence-electron chi connectivity index (χ3n) is 4.41. The van der Waals surface area contributed by atoms with Crippen molar-refractivity contribution in [1.82, 2.24) is 8.87 Å². The molecule has 0 saturated carbocycles. The Kier molecular flexibility index (Phi) is 5.46. The molecule has 1 aliphatic rings. The van der Waals surface area contributed by atoms with Crippen LogP contribution in [0.2, 0.25) is 0 Å². The summed E-state index contributed by atoms with van der Waals surface area (Å²) in [6.45, 7) is 5.80. The standard InChI is InChI=1S/C15H27N3O2S/c1-3-13-8-6-5-7-9-18(13)21(19,20)15-10-14(11-16)17(4-2)12-15/h10,12-13H,3-9,11,16H2,1-2H3. The van der Waals surface area contributed by atoms with Gasteiger partial charge >= 0.3 is 0 Å². The number of nitrogens with two attached hydrogens (primary N) is 1. The first-order valence-electron chi connectivity index (χ1n) is 7.95. The number of aryl methyl sites for hydroxylation is 1. The quantitative estimate of drug-likeness (QED) is 0.907. The van der Waals surface area contributed by atoms with Crippen molar-refractivity contribution in [3.8, 4) is 0 Å². The highest BCUT2D eigenvalue weighted by atomic mass is 32.2. The van der Waals surface area contributed by atoms with Gasteiger partial charge in [-0.1, -0.05) is 19.8 Å². The van der Waals surface area contributed by atoms with E-state index >= 15 is 0 Å². The summed E-state index contributed by atoms with van der Waals surface area (Å²) in [5.74, 6) is 0. The third-order valence-corrected chi connectivity index (χ3v) is 6.33. The van der Waals surface area contributed by atoms with Crippen LogP contribution in [0.15, 0.2) is 17.2 Å². The van der Waals surface area contributed by atoms with Gasteiger partial charge in [-0.3, -0.25) is 0 Å². The molecule has 0 amide bonds. The lowest BCUT2D eigenvalue weighted by atomic mass is 10.1. The Labute approximate surface area is 128 Å². The first kappa shape index (κ1) is 16.5. The highest BCUT2D eigenvalue weighted by molar-refractivity contribution is 7.89. The van der Waals surface area contributed by atoms with Crippen molar-refractivity contribution in [2.24, 2.45) is 5.73 Å². The predicted octanol–water partition coefficient (Wildman–Crippen LogP) is 2.31. The zero-order chi connectivity index (χ0) is 15.5. The molecule has 21 heavy (non-hydrogen) atoms. The highest BCUT2D eigenvalue weighted by Crippen LogP contribution is 2.27. The Morgan fingerprint density at radius 2 is 2.05 bits per heavy atom. The minimum absolute atomic E-state index is 0.129. The minimum Gasteiger partial charge on any atom is -0.349 e. The third kappa shape index (κ3) is 3.33. The van der Waals surface area contributed by atoms with Crippen molar-refractivity contribution in [1.29, 1.82) is 0 Å². The van der Waals surface area contributed by atoms with E-state index < -0.39 is 10.0 Å². The van der Waals surface area contributed by atoms with Crippen LogP contribution in [0.4, 0.5) is 0 Å². The van der Waals surface area contributed by atoms with Crippen LogP contribution in [0.1, 0.15) is 51.6 Å². The maximum absolute atomic E-state index is 13.0. The van der Waals surface area contributed by atoms with Gasteiger partial charge in [0, 0.05) is 37.6 Å². The van der Waals surface area contributed by atoms with Crippen molar-refractivity contribution in [2.75, 3.05) is 6.54 Å². The zero-order valence-corrected chi connectivity index (χ0v) is 13.9. The number of nitrogens with zero attached hydrogens (tertiary/aromatic N) is 2. The van der Waals surface area contributed by atoms with Crippen LogP contribution >= 0.6 is 0 Å². The molecule has 5 nitrogen and oxygen atoms in total. The maximum Gasteiger partial charge on any atom is 0.244 e. The Balaban J connectivity index is 2.37. The van der Waals surface area contributed by atoms with Crippen molar-refractivity contribution in [3.63, 3.8) is 0 Å². The van der Waals surface area contributed by atoms with Gasteiger partial charge in [0.2, 0.25) is 10.0 Å². The lowest BCUT2D eigenvalue weighted by Crippen LogP contribution is -2.39. The molecule has 1 atom stereocenters. The van der Waals surface area contributed by atoms with Crippen LogP contribution in [0, 0.1) is 0 Å². The van der Waals surface area contributed by atoms with Gasteiger partial charge in [0.05, 0.1) is 0 Å². The molecule has 0 aliphatic carbocycles. The smallest absolute Gasteiger partial charge is 0.244 e. The summed E-state index contributed by atoms with van der Waals surface area (Å²) < 4.78 is 29.6. The number of sulfonamides is 1. The van der Waals surface area contributed by atoms with E-state index in [0.29, 0.717) is 18.0 Å². The van der Waals surface area contributed by atoms with Crippen molar-refractivity contribution in [3.05, 3.63) is 18.0 Å². The summed E-state index contributed by atoms with van der Waals surface area (Å²) in [4.78, 5) is 0.394. The van der Waals surface area contributed by atoms with Crippen molar-refractivity contribution < 1.29 is 8.42 Å². The monoisotopic (exact) mass is 313 g/mol. The second-order valence-corrected chi connectivity index (χ2v) is 7.58. The molecule has 0 bridgehead atoms. The van der Waals surface area contributed by atoms with Crippen LogP contribution in [0.25, 0.3) is 0 Å². The average molecular weight is 313 g/mol. The van der Waals surface area contributed by atoms with Gasteiger partial charge in [0.1, 0.15) is 4.90 Å². The van der Waals surface area contributed by atoms with Crippen LogP contribution in [-0.2, 0) is 23.1 Å². The van der Waals surface area contributed by atoms with E-state index in [1.54, 1.807) is 16.6 Å². The number of rotatable bonds is 5. The second-order valence-electron chi connectivity index (χ2n) is 5.68. The zero-order valence-electron chi connectivity index (χ0n) is 13.1.